The summed E-state index contributed by atoms with van der Waals surface area (Å²) in [5, 5.41) is 19.1. The first-order chi connectivity index (χ1) is 12.8. The number of hydrazone groups is 1. The summed E-state index contributed by atoms with van der Waals surface area (Å²) in [6.45, 7) is 6.38. The summed E-state index contributed by atoms with van der Waals surface area (Å²) in [4.78, 5) is 10.9. The average molecular weight is 391 g/mol. The van der Waals surface area contributed by atoms with Gasteiger partial charge in [0.2, 0.25) is 0 Å². The van der Waals surface area contributed by atoms with E-state index in [9.17, 15) is 9.90 Å². The van der Waals surface area contributed by atoms with Crippen LogP contribution in [0, 0.1) is 11.8 Å². The van der Waals surface area contributed by atoms with Gasteiger partial charge in [-0.25, -0.2) is 0 Å². The molecule has 0 radical (unpaired) electrons. The zero-order valence-corrected chi connectivity index (χ0v) is 17.2. The summed E-state index contributed by atoms with van der Waals surface area (Å²) >= 11 is 5.38. The van der Waals surface area contributed by atoms with E-state index in [-0.39, 0.29) is 6.42 Å². The molecule has 0 aliphatic heterocycles. The molecule has 148 valence electrons. The van der Waals surface area contributed by atoms with Crippen LogP contribution in [-0.4, -0.2) is 29.9 Å². The molecule has 27 heavy (non-hydrogen) atoms. The quantitative estimate of drug-likeness (QED) is 0.439. The number of carboxylic acids is 1. The minimum atomic E-state index is -1.15. The molecule has 1 fully saturated rings. The van der Waals surface area contributed by atoms with Gasteiger partial charge in [0.25, 0.3) is 0 Å². The Morgan fingerprint density at radius 3 is 2.78 bits per heavy atom. The van der Waals surface area contributed by atoms with Gasteiger partial charge in [0, 0.05) is 24.0 Å². The number of hydrogen-bond donors (Lipinski definition) is 2. The van der Waals surface area contributed by atoms with Crippen LogP contribution in [-0.2, 0) is 11.2 Å². The number of thiocarbonyl (C=S) groups is 1. The second kappa shape index (κ2) is 9.69. The van der Waals surface area contributed by atoms with E-state index >= 15 is 0 Å². The third-order valence-electron chi connectivity index (χ3n) is 5.38. The molecule has 1 aliphatic carbocycles. The van der Waals surface area contributed by atoms with Gasteiger partial charge in [-0.2, -0.15) is 5.10 Å². The van der Waals surface area contributed by atoms with Gasteiger partial charge < -0.3 is 20.0 Å². The maximum absolute atomic E-state index is 10.9. The van der Waals surface area contributed by atoms with E-state index in [4.69, 9.17) is 17.0 Å². The summed E-state index contributed by atoms with van der Waals surface area (Å²) in [5.74, 6) is 0.615. The number of rotatable bonds is 6. The van der Waals surface area contributed by atoms with E-state index in [0.29, 0.717) is 40.0 Å². The van der Waals surface area contributed by atoms with E-state index in [1.165, 1.54) is 20.0 Å². The fourth-order valence-corrected chi connectivity index (χ4v) is 3.68. The van der Waals surface area contributed by atoms with Gasteiger partial charge in [-0.3, -0.25) is 5.43 Å². The Morgan fingerprint density at radius 1 is 1.37 bits per heavy atom. The predicted molar refractivity (Wildman–Crippen MR) is 109 cm³/mol. The molecule has 1 aromatic rings. The Labute approximate surface area is 166 Å². The summed E-state index contributed by atoms with van der Waals surface area (Å²) in [5.41, 5.74) is 4.95. The zero-order chi connectivity index (χ0) is 20.0. The minimum absolute atomic E-state index is 0.213. The van der Waals surface area contributed by atoms with Crippen molar-refractivity contribution in [3.05, 3.63) is 29.3 Å². The average Bonchev–Trinajstić information content (AvgIpc) is 2.63. The molecular weight excluding hydrogens is 362 g/mol. The number of ether oxygens (including phenoxy) is 1. The van der Waals surface area contributed by atoms with Crippen LogP contribution in [0.3, 0.4) is 0 Å². The molecule has 0 saturated heterocycles. The van der Waals surface area contributed by atoms with Crippen molar-refractivity contribution in [3.8, 4) is 5.75 Å². The maximum atomic E-state index is 10.9. The first kappa shape index (κ1) is 21.2. The van der Waals surface area contributed by atoms with Crippen molar-refractivity contribution in [2.24, 2.45) is 16.9 Å². The summed E-state index contributed by atoms with van der Waals surface area (Å²) in [7, 11) is 1.51. The van der Waals surface area contributed by atoms with Crippen LogP contribution in [0.4, 0.5) is 0 Å². The number of nitrogens with zero attached hydrogens (tertiary/aromatic N) is 1. The van der Waals surface area contributed by atoms with Gasteiger partial charge in [-0.1, -0.05) is 26.7 Å². The lowest BCUT2D eigenvalue weighted by Gasteiger charge is -2.35. The van der Waals surface area contributed by atoms with E-state index in [1.807, 2.05) is 13.0 Å². The van der Waals surface area contributed by atoms with Gasteiger partial charge >= 0.3 is 0 Å². The maximum Gasteiger partial charge on any atom is 0.187 e. The van der Waals surface area contributed by atoms with Crippen LogP contribution in [0.25, 0.3) is 0 Å². The SMILES string of the molecule is COc1ccc(/C(C)=N\NC(=S)N[C@H]2CCC[C@@H](C)[C@H]2C)cc1CC(=O)[O-]. The number of nitrogens with one attached hydrogen (secondary N) is 2. The largest absolute Gasteiger partial charge is 0.550 e. The third-order valence-corrected chi connectivity index (χ3v) is 5.59. The monoisotopic (exact) mass is 390 g/mol. The molecule has 6 nitrogen and oxygen atoms in total. The topological polar surface area (TPSA) is 85.8 Å². The number of methoxy groups -OCH3 is 1. The number of hydrogen-bond acceptors (Lipinski definition) is 5. The van der Waals surface area contributed by atoms with Crippen LogP contribution in [0.1, 0.15) is 51.2 Å². The van der Waals surface area contributed by atoms with Gasteiger partial charge in [0.1, 0.15) is 5.75 Å². The van der Waals surface area contributed by atoms with Crippen LogP contribution < -0.4 is 20.6 Å². The Kier molecular flexibility index (Phi) is 7.59. The van der Waals surface area contributed by atoms with Gasteiger partial charge in [-0.15, -0.1) is 0 Å². The van der Waals surface area contributed by atoms with Crippen molar-refractivity contribution in [1.82, 2.24) is 10.7 Å². The molecule has 3 atom stereocenters. The van der Waals surface area contributed by atoms with Crippen LogP contribution in [0.5, 0.6) is 5.75 Å². The van der Waals surface area contributed by atoms with Crippen LogP contribution >= 0.6 is 12.2 Å². The summed E-state index contributed by atoms with van der Waals surface area (Å²) in [6.07, 6.45) is 3.38. The van der Waals surface area contributed by atoms with Gasteiger partial charge in [0.15, 0.2) is 5.11 Å². The minimum Gasteiger partial charge on any atom is -0.550 e. The Balaban J connectivity index is 2.02. The normalized spacial score (nSPS) is 22.8. The Morgan fingerprint density at radius 2 is 2.11 bits per heavy atom. The molecule has 1 aromatic carbocycles. The molecule has 2 N–H and O–H groups in total. The fourth-order valence-electron chi connectivity index (χ4n) is 3.48. The second-order valence-electron chi connectivity index (χ2n) is 7.23. The van der Waals surface area contributed by atoms with Crippen LogP contribution in [0.2, 0.25) is 0 Å². The fraction of sp³-hybridized carbons (Fsp3) is 0.550. The lowest BCUT2D eigenvalue weighted by molar-refractivity contribution is -0.304. The lowest BCUT2D eigenvalue weighted by atomic mass is 9.78. The number of carbonyl (C=O) groups is 1. The number of aliphatic carboxylic acids is 1. The molecule has 1 saturated carbocycles. The molecule has 0 bridgehead atoms. The molecule has 2 rings (SSSR count). The zero-order valence-electron chi connectivity index (χ0n) is 16.4. The number of benzene rings is 1. The highest BCUT2D eigenvalue weighted by Crippen LogP contribution is 2.29. The van der Waals surface area contributed by atoms with Crippen molar-refractivity contribution >= 4 is 29.0 Å². The van der Waals surface area contributed by atoms with E-state index in [2.05, 4.69) is 29.7 Å². The first-order valence-corrected chi connectivity index (χ1v) is 9.70. The van der Waals surface area contributed by atoms with E-state index < -0.39 is 5.97 Å². The Bertz CT molecular complexity index is 720. The standard InChI is InChI=1S/C20H29N3O3S/c1-12-6-5-7-17(13(12)2)21-20(27)23-22-14(3)15-8-9-18(26-4)16(10-15)11-19(24)25/h8-10,12-13,17H,5-7,11H2,1-4H3,(H,24,25)(H2,21,23,27)/p-1/b22-14-/t12-,13-,17+/m1/s1. The summed E-state index contributed by atoms with van der Waals surface area (Å²) < 4.78 is 5.20. The van der Waals surface area contributed by atoms with Crippen LogP contribution in [0.15, 0.2) is 23.3 Å². The highest BCUT2D eigenvalue weighted by atomic mass is 32.1. The first-order valence-electron chi connectivity index (χ1n) is 9.29. The molecule has 1 aliphatic rings. The predicted octanol–water partition coefficient (Wildman–Crippen LogP) is 2.00. The molecule has 0 aromatic heterocycles. The molecule has 7 heteroatoms. The van der Waals surface area contributed by atoms with Crippen molar-refractivity contribution in [2.45, 2.75) is 52.5 Å². The van der Waals surface area contributed by atoms with E-state index in [1.54, 1.807) is 12.1 Å². The molecule has 0 unspecified atom stereocenters. The molecule has 0 spiro atoms. The van der Waals surface area contributed by atoms with E-state index in [0.717, 1.165) is 12.0 Å². The van der Waals surface area contributed by atoms with Crippen molar-refractivity contribution in [1.29, 1.82) is 0 Å². The highest BCUT2D eigenvalue weighted by molar-refractivity contribution is 7.80. The molecule has 0 heterocycles. The molecule has 0 amide bonds. The van der Waals surface area contributed by atoms with Crippen molar-refractivity contribution in [3.63, 3.8) is 0 Å². The van der Waals surface area contributed by atoms with Crippen molar-refractivity contribution in [2.75, 3.05) is 7.11 Å². The van der Waals surface area contributed by atoms with Gasteiger partial charge in [0.05, 0.1) is 12.8 Å². The third kappa shape index (κ3) is 5.92. The Hall–Kier alpha value is -2.15. The smallest absolute Gasteiger partial charge is 0.187 e. The van der Waals surface area contributed by atoms with Gasteiger partial charge in [-0.05, 0) is 61.2 Å². The summed E-state index contributed by atoms with van der Waals surface area (Å²) in [6, 6.07) is 5.67. The number of carbonyl (C=O) groups excluding carboxylic acids is 1. The second-order valence-corrected chi connectivity index (χ2v) is 7.64. The molecular formula is C20H28N3O3S-. The van der Waals surface area contributed by atoms with Crippen molar-refractivity contribution < 1.29 is 14.6 Å². The highest BCUT2D eigenvalue weighted by Gasteiger charge is 2.27. The lowest BCUT2D eigenvalue weighted by Crippen LogP contribution is -2.46. The number of carboxylic acid groups (broad SMARTS) is 1.